The Bertz CT molecular complexity index is 1390. The minimum atomic E-state index is -0.478. The van der Waals surface area contributed by atoms with Crippen LogP contribution in [0.4, 0.5) is 17.1 Å². The summed E-state index contributed by atoms with van der Waals surface area (Å²) in [5, 5.41) is 35.7. The molecule has 0 amide bonds. The van der Waals surface area contributed by atoms with Gasteiger partial charge < -0.3 is 0 Å². The van der Waals surface area contributed by atoms with Gasteiger partial charge in [-0.15, -0.1) is 11.3 Å². The van der Waals surface area contributed by atoms with Gasteiger partial charge in [-0.25, -0.2) is 0 Å². The van der Waals surface area contributed by atoms with Crippen molar-refractivity contribution in [3.8, 4) is 0 Å². The molecule has 0 radical (unpaired) electrons. The van der Waals surface area contributed by atoms with Crippen LogP contribution >= 0.6 is 11.3 Å². The fourth-order valence-corrected chi connectivity index (χ4v) is 4.84. The third-order valence-corrected chi connectivity index (χ3v) is 6.84. The van der Waals surface area contributed by atoms with Crippen molar-refractivity contribution < 1.29 is 14.8 Å². The number of hydrogen-bond acceptors (Lipinski definition) is 7. The minimum absolute atomic E-state index is 0.0471. The maximum absolute atomic E-state index is 11.2. The molecule has 1 aromatic heterocycles. The molecule has 0 aliphatic heterocycles. The Balaban J connectivity index is 1.98. The van der Waals surface area contributed by atoms with E-state index in [2.05, 4.69) is 0 Å². The fourth-order valence-electron chi connectivity index (χ4n) is 4.09. The molecule has 178 valence electrons. The number of rotatable bonds is 8. The van der Waals surface area contributed by atoms with Crippen LogP contribution in [-0.2, 0) is 0 Å². The molecule has 4 rings (SSSR count). The molecular weight excluding hydrogens is 481 g/mol. The monoisotopic (exact) mass is 499 g/mol. The predicted molar refractivity (Wildman–Crippen MR) is 141 cm³/mol. The van der Waals surface area contributed by atoms with Gasteiger partial charge in [-0.1, -0.05) is 46.7 Å². The van der Waals surface area contributed by atoms with E-state index < -0.39 is 21.5 Å². The number of nitrogens with zero attached hydrogens (tertiary/aromatic N) is 3. The van der Waals surface area contributed by atoms with Crippen LogP contribution in [0.25, 0.3) is 11.0 Å². The summed E-state index contributed by atoms with van der Waals surface area (Å²) in [5.41, 5.74) is 3.78. The molecule has 4 aromatic rings. The molecule has 0 fully saturated rings. The molecule has 0 saturated heterocycles. The van der Waals surface area contributed by atoms with E-state index in [0.717, 1.165) is 32.4 Å². The van der Waals surface area contributed by atoms with Gasteiger partial charge in [-0.3, -0.25) is 30.3 Å². The van der Waals surface area contributed by atoms with Gasteiger partial charge in [-0.05, 0) is 41.6 Å². The number of non-ortho nitro benzene ring substituents is 3. The molecule has 0 aliphatic rings. The fraction of sp³-hybridized carbons (Fsp3) is 0.0400. The van der Waals surface area contributed by atoms with Gasteiger partial charge >= 0.3 is 0 Å². The molecule has 0 bridgehead atoms. The van der Waals surface area contributed by atoms with Crippen molar-refractivity contribution in [1.29, 1.82) is 0 Å². The second-order valence-corrected chi connectivity index (χ2v) is 8.90. The molecule has 0 aliphatic carbocycles. The number of nitro groups is 3. The van der Waals surface area contributed by atoms with Gasteiger partial charge in [0.15, 0.2) is 0 Å². The summed E-state index contributed by atoms with van der Waals surface area (Å²) in [4.78, 5) is 33.3. The van der Waals surface area contributed by atoms with E-state index in [9.17, 15) is 30.3 Å². The summed E-state index contributed by atoms with van der Waals surface area (Å²) in [5.74, 6) is 0. The molecule has 0 atom stereocenters. The van der Waals surface area contributed by atoms with Crippen LogP contribution < -0.4 is 10.9 Å². The Morgan fingerprint density at radius 1 is 0.667 bits per heavy atom. The average molecular weight is 499 g/mol. The average Bonchev–Trinajstić information content (AvgIpc) is 3.42. The highest BCUT2D eigenvalue weighted by atomic mass is 32.1. The first-order valence-electron chi connectivity index (χ1n) is 10.7. The molecule has 0 saturated carbocycles. The summed E-state index contributed by atoms with van der Waals surface area (Å²) in [7, 11) is 0. The minimum Gasteiger partial charge on any atom is -0.258 e. The van der Waals surface area contributed by atoms with Crippen molar-refractivity contribution in [2.45, 2.75) is 6.92 Å². The number of allylic oxidation sites excluding steroid dienone is 1. The van der Waals surface area contributed by atoms with Crippen LogP contribution in [0.2, 0.25) is 0 Å². The second-order valence-electron chi connectivity index (χ2n) is 7.95. The summed E-state index contributed by atoms with van der Waals surface area (Å²) in [6.07, 6.45) is 0. The lowest BCUT2D eigenvalue weighted by Crippen LogP contribution is -2.44. The smallest absolute Gasteiger partial charge is 0.258 e. The first kappa shape index (κ1) is 24.5. The number of thiophene rings is 1. The summed E-state index contributed by atoms with van der Waals surface area (Å²) >= 11 is 1.54. The quantitative estimate of drug-likeness (QED) is 0.185. The molecular formula is C25H18BN3O6S. The van der Waals surface area contributed by atoms with Crippen molar-refractivity contribution in [3.05, 3.63) is 131 Å². The van der Waals surface area contributed by atoms with Crippen LogP contribution in [0, 0.1) is 30.3 Å². The van der Waals surface area contributed by atoms with Crippen LogP contribution in [0.5, 0.6) is 0 Å². The standard InChI is InChI=1S/C25H18BN3O6S/c1-17(24-3-2-16-36-24)25(18-4-10-21(11-5-18)27(30)31)26(19-6-12-22(13-7-19)28(32)33)20-8-14-23(15-9-20)29(34)35/h2-16H,1H3/b25-17-. The highest BCUT2D eigenvalue weighted by Crippen LogP contribution is 2.32. The van der Waals surface area contributed by atoms with Gasteiger partial charge in [0.25, 0.3) is 17.1 Å². The van der Waals surface area contributed by atoms with E-state index in [-0.39, 0.29) is 17.1 Å². The molecule has 36 heavy (non-hydrogen) atoms. The third kappa shape index (κ3) is 5.06. The van der Waals surface area contributed by atoms with E-state index in [1.54, 1.807) is 36.4 Å². The van der Waals surface area contributed by atoms with Gasteiger partial charge in [0.1, 0.15) is 0 Å². The van der Waals surface area contributed by atoms with Crippen molar-refractivity contribution in [2.24, 2.45) is 0 Å². The van der Waals surface area contributed by atoms with Gasteiger partial charge in [0, 0.05) is 41.3 Å². The number of nitro benzene ring substituents is 3. The van der Waals surface area contributed by atoms with Crippen molar-refractivity contribution in [1.82, 2.24) is 0 Å². The maximum Gasteiger partial charge on any atom is 0.269 e. The molecule has 0 N–H and O–H groups in total. The summed E-state index contributed by atoms with van der Waals surface area (Å²) < 4.78 is 0. The van der Waals surface area contributed by atoms with Gasteiger partial charge in [0.2, 0.25) is 6.71 Å². The molecule has 9 nitrogen and oxygen atoms in total. The third-order valence-electron chi connectivity index (χ3n) is 5.85. The lowest BCUT2D eigenvalue weighted by atomic mass is 9.34. The highest BCUT2D eigenvalue weighted by molar-refractivity contribution is 7.11. The second kappa shape index (κ2) is 10.3. The summed E-state index contributed by atoms with van der Waals surface area (Å²) in [6, 6.07) is 22.4. The van der Waals surface area contributed by atoms with Crippen molar-refractivity contribution >= 4 is 57.1 Å². The Morgan fingerprint density at radius 2 is 1.08 bits per heavy atom. The lowest BCUT2D eigenvalue weighted by Gasteiger charge is -2.22. The van der Waals surface area contributed by atoms with Gasteiger partial charge in [-0.2, -0.15) is 0 Å². The largest absolute Gasteiger partial charge is 0.269 e. The van der Waals surface area contributed by atoms with E-state index >= 15 is 0 Å². The SMILES string of the molecule is C/C(=C(/B(c1ccc([N+](=O)[O-])cc1)c1ccc([N+](=O)[O-])cc1)c1ccc([N+](=O)[O-])cc1)c1cccs1. The normalized spacial score (nSPS) is 11.5. The molecule has 0 spiro atoms. The topological polar surface area (TPSA) is 129 Å². The zero-order valence-electron chi connectivity index (χ0n) is 18.9. The Labute approximate surface area is 209 Å². The van der Waals surface area contributed by atoms with Crippen LogP contribution in [0.1, 0.15) is 17.4 Å². The maximum atomic E-state index is 11.2. The Kier molecular flexibility index (Phi) is 7.02. The predicted octanol–water partition coefficient (Wildman–Crippen LogP) is 5.25. The molecule has 0 unspecified atom stereocenters. The van der Waals surface area contributed by atoms with Crippen molar-refractivity contribution in [3.63, 3.8) is 0 Å². The van der Waals surface area contributed by atoms with E-state index in [4.69, 9.17) is 0 Å². The van der Waals surface area contributed by atoms with Crippen molar-refractivity contribution in [2.75, 3.05) is 0 Å². The molecule has 11 heteroatoms. The van der Waals surface area contributed by atoms with Crippen LogP contribution in [0.15, 0.2) is 90.3 Å². The number of benzene rings is 3. The van der Waals surface area contributed by atoms with E-state index in [1.807, 2.05) is 24.4 Å². The molecule has 3 aromatic carbocycles. The lowest BCUT2D eigenvalue weighted by molar-refractivity contribution is -0.385. The zero-order chi connectivity index (χ0) is 25.8. The van der Waals surface area contributed by atoms with Crippen LogP contribution in [0.3, 0.4) is 0 Å². The molecule has 1 heterocycles. The Hall–Kier alpha value is -4.64. The Morgan fingerprint density at radius 3 is 1.44 bits per heavy atom. The van der Waals surface area contributed by atoms with Crippen LogP contribution in [-0.4, -0.2) is 21.5 Å². The van der Waals surface area contributed by atoms with E-state index in [1.165, 1.54) is 47.7 Å². The summed E-state index contributed by atoms with van der Waals surface area (Å²) in [6.45, 7) is 1.49. The highest BCUT2D eigenvalue weighted by Gasteiger charge is 2.29. The van der Waals surface area contributed by atoms with Gasteiger partial charge in [0.05, 0.1) is 14.8 Å². The first-order chi connectivity index (χ1) is 17.3. The first-order valence-corrected chi connectivity index (χ1v) is 11.6. The number of hydrogen-bond donors (Lipinski definition) is 0. The zero-order valence-corrected chi connectivity index (χ0v) is 19.8. The van der Waals surface area contributed by atoms with E-state index in [0.29, 0.717) is 0 Å².